The van der Waals surface area contributed by atoms with Gasteiger partial charge in [0.2, 0.25) is 0 Å². The molecule has 1 aromatic carbocycles. The molecule has 43 heavy (non-hydrogen) atoms. The third kappa shape index (κ3) is 6.36. The van der Waals surface area contributed by atoms with Gasteiger partial charge in [-0.2, -0.15) is 13.2 Å². The van der Waals surface area contributed by atoms with Crippen molar-refractivity contribution in [2.24, 2.45) is 0 Å². The molecule has 4 aromatic heterocycles. The first-order valence-corrected chi connectivity index (χ1v) is 16.0. The standard InChI is InChI=1S/C31H32F3N5O2S2/c1-7-26-37-27-18(2)14-19(3)36-28(27)39(26)17-20-12-13-24(35-16-20)22-15-25(21-10-8-9-11-23(21)31(32,33)34)42-29(22)43(40,41)38-30(4,5)6/h8-16,38H,7,17H2,1-6H3. The number of thiophene rings is 1. The Balaban J connectivity index is 1.59. The van der Waals surface area contributed by atoms with Crippen molar-refractivity contribution in [3.05, 3.63) is 82.9 Å². The van der Waals surface area contributed by atoms with E-state index in [9.17, 15) is 21.6 Å². The molecule has 0 saturated heterocycles. The third-order valence-corrected chi connectivity index (χ3v) is 10.2. The average Bonchev–Trinajstić information content (AvgIpc) is 3.51. The van der Waals surface area contributed by atoms with Gasteiger partial charge in [-0.1, -0.05) is 31.2 Å². The molecule has 0 radical (unpaired) electrons. The molecule has 12 heteroatoms. The zero-order valence-electron chi connectivity index (χ0n) is 24.7. The van der Waals surface area contributed by atoms with Crippen LogP contribution in [0, 0.1) is 13.8 Å². The van der Waals surface area contributed by atoms with E-state index in [2.05, 4.69) is 9.71 Å². The van der Waals surface area contributed by atoms with Crippen molar-refractivity contribution in [2.75, 3.05) is 0 Å². The highest BCUT2D eigenvalue weighted by atomic mass is 32.2. The summed E-state index contributed by atoms with van der Waals surface area (Å²) in [5.74, 6) is 0.882. The Kier molecular flexibility index (Phi) is 7.99. The van der Waals surface area contributed by atoms with E-state index in [0.29, 0.717) is 18.7 Å². The van der Waals surface area contributed by atoms with E-state index in [1.54, 1.807) is 33.0 Å². The fraction of sp³-hybridized carbons (Fsp3) is 0.323. The highest BCUT2D eigenvalue weighted by molar-refractivity contribution is 7.91. The van der Waals surface area contributed by atoms with Gasteiger partial charge >= 0.3 is 6.18 Å². The molecule has 0 bridgehead atoms. The maximum absolute atomic E-state index is 13.9. The number of alkyl halides is 3. The van der Waals surface area contributed by atoms with Crippen LogP contribution in [0.15, 0.2) is 58.9 Å². The number of halogens is 3. The quantitative estimate of drug-likeness (QED) is 0.201. The molecule has 0 fully saturated rings. The molecule has 226 valence electrons. The smallest absolute Gasteiger partial charge is 0.308 e. The fourth-order valence-corrected chi connectivity index (χ4v) is 8.15. The molecule has 7 nitrogen and oxygen atoms in total. The molecule has 0 aliphatic heterocycles. The lowest BCUT2D eigenvalue weighted by atomic mass is 10.0. The van der Waals surface area contributed by atoms with E-state index in [1.807, 2.05) is 37.5 Å². The highest BCUT2D eigenvalue weighted by Crippen LogP contribution is 2.44. The second kappa shape index (κ2) is 11.1. The molecule has 5 rings (SSSR count). The highest BCUT2D eigenvalue weighted by Gasteiger charge is 2.35. The molecule has 0 unspecified atom stereocenters. The van der Waals surface area contributed by atoms with Crippen molar-refractivity contribution in [3.8, 4) is 21.7 Å². The first kappa shape index (κ1) is 30.8. The zero-order valence-corrected chi connectivity index (χ0v) is 26.3. The molecule has 0 spiro atoms. The van der Waals surface area contributed by atoms with Crippen LogP contribution in [0.1, 0.15) is 55.9 Å². The monoisotopic (exact) mass is 627 g/mol. The van der Waals surface area contributed by atoms with Gasteiger partial charge in [0.1, 0.15) is 15.6 Å². The van der Waals surface area contributed by atoms with Crippen molar-refractivity contribution < 1.29 is 21.6 Å². The van der Waals surface area contributed by atoms with Crippen LogP contribution in [0.5, 0.6) is 0 Å². The number of imidazole rings is 1. The Hall–Kier alpha value is -3.61. The number of benzene rings is 1. The van der Waals surface area contributed by atoms with Gasteiger partial charge < -0.3 is 4.57 Å². The molecule has 1 N–H and O–H groups in total. The van der Waals surface area contributed by atoms with E-state index in [1.165, 1.54) is 24.3 Å². The SMILES string of the molecule is CCc1nc2c(C)cc(C)nc2n1Cc1ccc(-c2cc(-c3ccccc3C(F)(F)F)sc2S(=O)(=O)NC(C)(C)C)nc1. The van der Waals surface area contributed by atoms with Crippen LogP contribution in [-0.2, 0) is 29.2 Å². The summed E-state index contributed by atoms with van der Waals surface area (Å²) in [6, 6.07) is 12.2. The Morgan fingerprint density at radius 2 is 1.70 bits per heavy atom. The fourth-order valence-electron chi connectivity index (χ4n) is 5.02. The molecule has 0 aliphatic rings. The minimum Gasteiger partial charge on any atom is -0.308 e. The van der Waals surface area contributed by atoms with Gasteiger partial charge in [-0.15, -0.1) is 11.3 Å². The summed E-state index contributed by atoms with van der Waals surface area (Å²) in [6.45, 7) is 11.5. The van der Waals surface area contributed by atoms with Gasteiger partial charge in [-0.25, -0.2) is 23.1 Å². The summed E-state index contributed by atoms with van der Waals surface area (Å²) in [7, 11) is -4.10. The molecular formula is C31H32F3N5O2S2. The van der Waals surface area contributed by atoms with Gasteiger partial charge in [-0.3, -0.25) is 4.98 Å². The second-order valence-corrected chi connectivity index (χ2v) is 14.4. The number of nitrogens with zero attached hydrogens (tertiary/aromatic N) is 4. The average molecular weight is 628 g/mol. The van der Waals surface area contributed by atoms with Crippen LogP contribution in [0.3, 0.4) is 0 Å². The van der Waals surface area contributed by atoms with E-state index < -0.39 is 27.3 Å². The number of aromatic nitrogens is 4. The largest absolute Gasteiger partial charge is 0.417 e. The lowest BCUT2D eigenvalue weighted by Crippen LogP contribution is -2.40. The molecule has 0 aliphatic carbocycles. The predicted molar refractivity (Wildman–Crippen MR) is 164 cm³/mol. The van der Waals surface area contributed by atoms with Crippen LogP contribution in [-0.4, -0.2) is 33.5 Å². The lowest BCUT2D eigenvalue weighted by molar-refractivity contribution is -0.137. The van der Waals surface area contributed by atoms with E-state index >= 15 is 0 Å². The number of fused-ring (bicyclic) bond motifs is 1. The maximum atomic E-state index is 13.9. The Labute approximate surface area is 252 Å². The number of aryl methyl sites for hydroxylation is 3. The number of nitrogens with one attached hydrogen (secondary N) is 1. The van der Waals surface area contributed by atoms with Crippen LogP contribution in [0.25, 0.3) is 32.9 Å². The van der Waals surface area contributed by atoms with Crippen molar-refractivity contribution >= 4 is 32.5 Å². The number of hydrogen-bond donors (Lipinski definition) is 1. The predicted octanol–water partition coefficient (Wildman–Crippen LogP) is 7.54. The van der Waals surface area contributed by atoms with Crippen molar-refractivity contribution in [2.45, 2.75) is 70.4 Å². The van der Waals surface area contributed by atoms with Crippen molar-refractivity contribution in [3.63, 3.8) is 0 Å². The maximum Gasteiger partial charge on any atom is 0.417 e. The van der Waals surface area contributed by atoms with E-state index in [4.69, 9.17) is 9.97 Å². The van der Waals surface area contributed by atoms with Crippen molar-refractivity contribution in [1.82, 2.24) is 24.2 Å². The number of sulfonamides is 1. The zero-order chi connectivity index (χ0) is 31.3. The van der Waals surface area contributed by atoms with Gasteiger partial charge in [0, 0.05) is 39.9 Å². The van der Waals surface area contributed by atoms with E-state index in [0.717, 1.165) is 51.2 Å². The van der Waals surface area contributed by atoms with Crippen LogP contribution >= 0.6 is 11.3 Å². The molecule has 5 aromatic rings. The molecule has 0 atom stereocenters. The molecule has 0 saturated carbocycles. The lowest BCUT2D eigenvalue weighted by Gasteiger charge is -2.20. The van der Waals surface area contributed by atoms with Crippen LogP contribution in [0.4, 0.5) is 13.2 Å². The molecule has 4 heterocycles. The Bertz CT molecular complexity index is 1920. The summed E-state index contributed by atoms with van der Waals surface area (Å²) < 4.78 is 73.2. The van der Waals surface area contributed by atoms with Gasteiger partial charge in [0.15, 0.2) is 5.65 Å². The van der Waals surface area contributed by atoms with E-state index in [-0.39, 0.29) is 20.2 Å². The van der Waals surface area contributed by atoms with Crippen LogP contribution < -0.4 is 4.72 Å². The number of hydrogen-bond acceptors (Lipinski definition) is 6. The molecular weight excluding hydrogens is 596 g/mol. The van der Waals surface area contributed by atoms with Crippen molar-refractivity contribution in [1.29, 1.82) is 0 Å². The summed E-state index contributed by atoms with van der Waals surface area (Å²) in [5.41, 5.74) is 3.23. The Morgan fingerprint density at radius 1 is 0.977 bits per heavy atom. The van der Waals surface area contributed by atoms with Crippen LogP contribution in [0.2, 0.25) is 0 Å². The number of pyridine rings is 2. The first-order valence-electron chi connectivity index (χ1n) is 13.7. The topological polar surface area (TPSA) is 89.8 Å². The normalized spacial score (nSPS) is 12.8. The first-order chi connectivity index (χ1) is 20.1. The van der Waals surface area contributed by atoms with Gasteiger partial charge in [0.25, 0.3) is 10.0 Å². The van der Waals surface area contributed by atoms with Gasteiger partial charge in [0.05, 0.1) is 17.8 Å². The summed E-state index contributed by atoms with van der Waals surface area (Å²) in [5, 5.41) is 0. The van der Waals surface area contributed by atoms with Gasteiger partial charge in [-0.05, 0) is 70.0 Å². The summed E-state index contributed by atoms with van der Waals surface area (Å²) >= 11 is 0.791. The second-order valence-electron chi connectivity index (χ2n) is 11.5. The number of rotatable bonds is 7. The minimum absolute atomic E-state index is 0.0905. The summed E-state index contributed by atoms with van der Waals surface area (Å²) in [6.07, 6.45) is -2.25. The summed E-state index contributed by atoms with van der Waals surface area (Å²) in [4.78, 5) is 14.3. The Morgan fingerprint density at radius 3 is 2.33 bits per heavy atom. The third-order valence-electron chi connectivity index (χ3n) is 6.74. The minimum atomic E-state index is -4.61. The molecule has 0 amide bonds.